The summed E-state index contributed by atoms with van der Waals surface area (Å²) in [6.07, 6.45) is 7.54. The fraction of sp³-hybridized carbons (Fsp3) is 0.733. The van der Waals surface area contributed by atoms with Crippen LogP contribution in [-0.2, 0) is 9.59 Å². The van der Waals surface area contributed by atoms with Crippen LogP contribution >= 0.6 is 0 Å². The first-order chi connectivity index (χ1) is 8.90. The van der Waals surface area contributed by atoms with Crippen LogP contribution in [0, 0.1) is 36.0 Å². The molecule has 1 fully saturated rings. The lowest BCUT2D eigenvalue weighted by Crippen LogP contribution is -2.43. The smallest absolute Gasteiger partial charge is 0.307 e. The topological polar surface area (TPSA) is 66.4 Å². The van der Waals surface area contributed by atoms with E-state index < -0.39 is 17.8 Å². The molecule has 106 valence electrons. The van der Waals surface area contributed by atoms with Crippen LogP contribution in [0.15, 0.2) is 0 Å². The number of carboxylic acid groups (broad SMARTS) is 1. The van der Waals surface area contributed by atoms with E-state index in [1.54, 1.807) is 0 Å². The van der Waals surface area contributed by atoms with Crippen molar-refractivity contribution in [3.8, 4) is 12.3 Å². The molecule has 0 spiro atoms. The van der Waals surface area contributed by atoms with Crippen molar-refractivity contribution >= 4 is 11.9 Å². The van der Waals surface area contributed by atoms with Gasteiger partial charge >= 0.3 is 5.97 Å². The predicted octanol–water partition coefficient (Wildman–Crippen LogP) is 1.90. The summed E-state index contributed by atoms with van der Waals surface area (Å²) in [6, 6.07) is -0.331. The molecule has 4 unspecified atom stereocenters. The lowest BCUT2D eigenvalue weighted by Gasteiger charge is -2.21. The summed E-state index contributed by atoms with van der Waals surface area (Å²) < 4.78 is 0. The van der Waals surface area contributed by atoms with Crippen molar-refractivity contribution in [3.05, 3.63) is 0 Å². The average Bonchev–Trinajstić information content (AvgIpc) is 2.79. The predicted molar refractivity (Wildman–Crippen MR) is 73.2 cm³/mol. The minimum Gasteiger partial charge on any atom is -0.481 e. The highest BCUT2D eigenvalue weighted by Crippen LogP contribution is 2.38. The zero-order valence-corrected chi connectivity index (χ0v) is 11.8. The Hall–Kier alpha value is -1.50. The molecule has 4 nitrogen and oxygen atoms in total. The quantitative estimate of drug-likeness (QED) is 0.746. The van der Waals surface area contributed by atoms with Crippen LogP contribution in [0.25, 0.3) is 0 Å². The van der Waals surface area contributed by atoms with Gasteiger partial charge in [-0.15, -0.1) is 6.42 Å². The van der Waals surface area contributed by atoms with Gasteiger partial charge < -0.3 is 10.4 Å². The summed E-state index contributed by atoms with van der Waals surface area (Å²) in [7, 11) is 0. The summed E-state index contributed by atoms with van der Waals surface area (Å²) in [5.41, 5.74) is 0. The summed E-state index contributed by atoms with van der Waals surface area (Å²) in [5, 5.41) is 12.0. The molecule has 0 aromatic heterocycles. The largest absolute Gasteiger partial charge is 0.481 e. The van der Waals surface area contributed by atoms with E-state index >= 15 is 0 Å². The maximum atomic E-state index is 12.2. The Labute approximate surface area is 115 Å². The Balaban J connectivity index is 2.74. The summed E-state index contributed by atoms with van der Waals surface area (Å²) >= 11 is 0. The molecule has 0 aliphatic heterocycles. The van der Waals surface area contributed by atoms with E-state index in [9.17, 15) is 14.7 Å². The number of hydrogen-bond acceptors (Lipinski definition) is 2. The first-order valence-electron chi connectivity index (χ1n) is 6.89. The Morgan fingerprint density at radius 2 is 1.95 bits per heavy atom. The minimum atomic E-state index is -0.877. The number of amides is 1. The van der Waals surface area contributed by atoms with Crippen LogP contribution in [0.5, 0.6) is 0 Å². The highest BCUT2D eigenvalue weighted by molar-refractivity contribution is 5.85. The van der Waals surface area contributed by atoms with Gasteiger partial charge in [0.2, 0.25) is 5.91 Å². The molecule has 2 N–H and O–H groups in total. The molecule has 4 atom stereocenters. The standard InChI is InChI=1S/C15H23NO3/c1-5-10-7-11(12(8-10)15(18)19)14(17)16-13(6-2)9(3)4/h2,9-13H,5,7-8H2,1,3-4H3,(H,16,17)(H,18,19). The number of hydrogen-bond donors (Lipinski definition) is 2. The van der Waals surface area contributed by atoms with Crippen molar-refractivity contribution in [3.63, 3.8) is 0 Å². The van der Waals surface area contributed by atoms with E-state index in [-0.39, 0.29) is 17.9 Å². The van der Waals surface area contributed by atoms with E-state index in [0.717, 1.165) is 6.42 Å². The molecule has 0 radical (unpaired) electrons. The first-order valence-corrected chi connectivity index (χ1v) is 6.89. The third-order valence-corrected chi connectivity index (χ3v) is 4.04. The zero-order chi connectivity index (χ0) is 14.6. The number of nitrogens with one attached hydrogen (secondary N) is 1. The Kier molecular flexibility index (Phi) is 5.41. The van der Waals surface area contributed by atoms with E-state index in [4.69, 9.17) is 6.42 Å². The van der Waals surface area contributed by atoms with Crippen molar-refractivity contribution < 1.29 is 14.7 Å². The van der Waals surface area contributed by atoms with Gasteiger partial charge in [0.15, 0.2) is 0 Å². The van der Waals surface area contributed by atoms with Crippen molar-refractivity contribution in [2.24, 2.45) is 23.7 Å². The second kappa shape index (κ2) is 6.60. The maximum absolute atomic E-state index is 12.2. The molecule has 1 amide bonds. The SMILES string of the molecule is C#CC(NC(=O)C1CC(CC)CC1C(=O)O)C(C)C. The van der Waals surface area contributed by atoms with E-state index in [1.807, 2.05) is 20.8 Å². The molecular formula is C15H23NO3. The summed E-state index contributed by atoms with van der Waals surface area (Å²) in [4.78, 5) is 23.5. The van der Waals surface area contributed by atoms with Gasteiger partial charge in [-0.05, 0) is 24.7 Å². The lowest BCUT2D eigenvalue weighted by atomic mass is 9.94. The van der Waals surface area contributed by atoms with Gasteiger partial charge in [0, 0.05) is 0 Å². The number of carboxylic acids is 1. The van der Waals surface area contributed by atoms with E-state index in [1.165, 1.54) is 0 Å². The highest BCUT2D eigenvalue weighted by Gasteiger charge is 2.42. The van der Waals surface area contributed by atoms with Crippen molar-refractivity contribution in [2.75, 3.05) is 0 Å². The number of carbonyl (C=O) groups is 2. The molecule has 0 bridgehead atoms. The van der Waals surface area contributed by atoms with Gasteiger partial charge in [-0.25, -0.2) is 0 Å². The van der Waals surface area contributed by atoms with Gasteiger partial charge in [0.25, 0.3) is 0 Å². The Bertz CT molecular complexity index is 383. The Morgan fingerprint density at radius 1 is 1.37 bits per heavy atom. The first kappa shape index (κ1) is 15.6. The number of terminal acetylenes is 1. The monoisotopic (exact) mass is 265 g/mol. The summed E-state index contributed by atoms with van der Waals surface area (Å²) in [5.74, 6) is 0.899. The summed E-state index contributed by atoms with van der Waals surface area (Å²) in [6.45, 7) is 5.90. The fourth-order valence-electron chi connectivity index (χ4n) is 2.70. The third kappa shape index (κ3) is 3.73. The van der Waals surface area contributed by atoms with E-state index in [0.29, 0.717) is 18.8 Å². The van der Waals surface area contributed by atoms with E-state index in [2.05, 4.69) is 11.2 Å². The van der Waals surface area contributed by atoms with Crippen molar-refractivity contribution in [1.29, 1.82) is 0 Å². The number of carbonyl (C=O) groups excluding carboxylic acids is 1. The fourth-order valence-corrected chi connectivity index (χ4v) is 2.70. The third-order valence-electron chi connectivity index (χ3n) is 4.04. The minimum absolute atomic E-state index is 0.139. The molecular weight excluding hydrogens is 242 g/mol. The Morgan fingerprint density at radius 3 is 2.37 bits per heavy atom. The lowest BCUT2D eigenvalue weighted by molar-refractivity contribution is -0.146. The second-order valence-electron chi connectivity index (χ2n) is 5.69. The van der Waals surface area contributed by atoms with Gasteiger partial charge in [-0.3, -0.25) is 9.59 Å². The van der Waals surface area contributed by atoms with Crippen molar-refractivity contribution in [1.82, 2.24) is 5.32 Å². The molecule has 0 heterocycles. The molecule has 4 heteroatoms. The number of aliphatic carboxylic acids is 1. The van der Waals surface area contributed by atoms with Crippen LogP contribution in [0.4, 0.5) is 0 Å². The van der Waals surface area contributed by atoms with Gasteiger partial charge in [-0.2, -0.15) is 0 Å². The van der Waals surface area contributed by atoms with Crippen LogP contribution in [0.2, 0.25) is 0 Å². The molecule has 1 aliphatic rings. The van der Waals surface area contributed by atoms with Crippen LogP contribution in [0.3, 0.4) is 0 Å². The van der Waals surface area contributed by atoms with Crippen LogP contribution in [0.1, 0.15) is 40.0 Å². The van der Waals surface area contributed by atoms with Gasteiger partial charge in [0.05, 0.1) is 17.9 Å². The highest BCUT2D eigenvalue weighted by atomic mass is 16.4. The van der Waals surface area contributed by atoms with Gasteiger partial charge in [-0.1, -0.05) is 33.1 Å². The molecule has 1 rings (SSSR count). The molecule has 1 aliphatic carbocycles. The van der Waals surface area contributed by atoms with Crippen molar-refractivity contribution in [2.45, 2.75) is 46.1 Å². The normalized spacial score (nSPS) is 27.8. The van der Waals surface area contributed by atoms with Gasteiger partial charge in [0.1, 0.15) is 0 Å². The molecule has 19 heavy (non-hydrogen) atoms. The van der Waals surface area contributed by atoms with Crippen LogP contribution in [-0.4, -0.2) is 23.0 Å². The molecule has 0 aromatic carbocycles. The average molecular weight is 265 g/mol. The second-order valence-corrected chi connectivity index (χ2v) is 5.69. The maximum Gasteiger partial charge on any atom is 0.307 e. The number of rotatable bonds is 5. The zero-order valence-electron chi connectivity index (χ0n) is 11.8. The molecule has 0 saturated heterocycles. The molecule has 1 saturated carbocycles. The molecule has 0 aromatic rings. The van der Waals surface area contributed by atoms with Crippen LogP contribution < -0.4 is 5.32 Å².